The summed E-state index contributed by atoms with van der Waals surface area (Å²) in [7, 11) is 10.6. The lowest BCUT2D eigenvalue weighted by Gasteiger charge is -2.31. The Labute approximate surface area is 633 Å². The van der Waals surface area contributed by atoms with Crippen molar-refractivity contribution in [2.75, 3.05) is 62.4 Å². The van der Waals surface area contributed by atoms with Crippen LogP contribution in [0.1, 0.15) is 200 Å². The van der Waals surface area contributed by atoms with E-state index in [0.29, 0.717) is 6.42 Å². The minimum Gasteiger partial charge on any atom is -0.394 e. The Morgan fingerprint density at radius 2 is 0.592 bits per heavy atom. The first-order valence-corrected chi connectivity index (χ1v) is 33.0. The minimum atomic E-state index is -0.647. The molecular weight excluding hydrogens is 1320 g/mol. The van der Waals surface area contributed by atoms with Gasteiger partial charge in [0.1, 0.15) is 80.0 Å². The third-order valence-electron chi connectivity index (χ3n) is 10.7. The molecule has 0 saturated carbocycles. The van der Waals surface area contributed by atoms with Gasteiger partial charge in [-0.1, -0.05) is 227 Å². The van der Waals surface area contributed by atoms with E-state index in [-0.39, 0.29) is 42.3 Å². The number of aryl methyl sites for hydroxylation is 2. The fourth-order valence-corrected chi connectivity index (χ4v) is 4.65. The van der Waals surface area contributed by atoms with E-state index < -0.39 is 12.1 Å². The summed E-state index contributed by atoms with van der Waals surface area (Å²) in [5, 5.41) is 10.9. The largest absolute Gasteiger partial charge is 0.394 e. The van der Waals surface area contributed by atoms with Crippen LogP contribution in [0.3, 0.4) is 0 Å². The first-order chi connectivity index (χ1) is 48.1. The zero-order valence-corrected chi connectivity index (χ0v) is 71.0. The number of likely N-dealkylation sites (N-methyl/N-ethyl adjacent to an activating group) is 1. The van der Waals surface area contributed by atoms with Crippen LogP contribution in [-0.4, -0.2) is 181 Å². The average Bonchev–Trinajstić information content (AvgIpc) is 0.853. The maximum atomic E-state index is 12.8. The van der Waals surface area contributed by atoms with Crippen LogP contribution in [0.15, 0.2) is 91.0 Å². The van der Waals surface area contributed by atoms with E-state index in [9.17, 15) is 14.4 Å². The molecule has 1 fully saturated rings. The number of rotatable bonds is 12. The summed E-state index contributed by atoms with van der Waals surface area (Å²) >= 11 is 0. The molecule has 26 nitrogen and oxygen atoms in total. The number of hydrogen-bond acceptors (Lipinski definition) is 23. The third-order valence-corrected chi connectivity index (χ3v) is 10.7. The van der Waals surface area contributed by atoms with Gasteiger partial charge < -0.3 is 121 Å². The summed E-state index contributed by atoms with van der Waals surface area (Å²) < 4.78 is 0. The Bertz CT molecular complexity index is 1620. The van der Waals surface area contributed by atoms with Gasteiger partial charge in [0.2, 0.25) is 17.7 Å². The van der Waals surface area contributed by atoms with Gasteiger partial charge in [0, 0.05) is 39.6 Å². The number of hydrogen-bond donors (Lipinski definition) is 11. The van der Waals surface area contributed by atoms with Crippen molar-refractivity contribution in [3.8, 4) is 0 Å². The van der Waals surface area contributed by atoms with E-state index in [1.165, 1.54) is 90.9 Å². The van der Waals surface area contributed by atoms with Crippen molar-refractivity contribution < 1.29 is 67.4 Å². The topological polar surface area (TPSA) is 522 Å². The van der Waals surface area contributed by atoms with Crippen molar-refractivity contribution in [2.24, 2.45) is 58.1 Å². The summed E-state index contributed by atoms with van der Waals surface area (Å²) in [6.45, 7) is 63.0. The molecule has 622 valence electrons. The van der Waals surface area contributed by atoms with E-state index >= 15 is 0 Å². The summed E-state index contributed by atoms with van der Waals surface area (Å²) in [5.74, 6) is 3.00. The quantitative estimate of drug-likeness (QED) is 0.0802. The van der Waals surface area contributed by atoms with Crippen LogP contribution in [0.4, 0.5) is 0 Å². The molecule has 0 aromatic heterocycles. The summed E-state index contributed by atoms with van der Waals surface area (Å²) in [5.41, 5.74) is 30.8. The number of amides is 3. The second kappa shape index (κ2) is 193. The lowest BCUT2D eigenvalue weighted by Crippen LogP contribution is -2.54. The lowest BCUT2D eigenvalue weighted by atomic mass is 10.0. The van der Waals surface area contributed by atoms with E-state index in [0.717, 1.165) is 74.4 Å². The van der Waals surface area contributed by atoms with Crippen LogP contribution in [-0.2, 0) is 81.6 Å². The van der Waals surface area contributed by atoms with Crippen molar-refractivity contribution in [3.63, 3.8) is 0 Å². The molecule has 4 rings (SSSR count). The van der Waals surface area contributed by atoms with E-state index in [1.807, 2.05) is 129 Å². The lowest BCUT2D eigenvalue weighted by molar-refractivity contribution is -0.140. The number of aliphatic hydroxyl groups is 1. The van der Waals surface area contributed by atoms with Crippen molar-refractivity contribution in [1.82, 2.24) is 33.6 Å². The highest BCUT2D eigenvalue weighted by Crippen LogP contribution is 2.12. The van der Waals surface area contributed by atoms with E-state index in [1.54, 1.807) is 27.8 Å². The Hall–Kier alpha value is -7.63. The molecule has 1 aliphatic heterocycles. The van der Waals surface area contributed by atoms with Crippen LogP contribution >= 0.6 is 0 Å². The van der Waals surface area contributed by atoms with E-state index in [4.69, 9.17) is 53.1 Å². The van der Waals surface area contributed by atoms with Gasteiger partial charge in [-0.25, -0.2) is 0 Å². The van der Waals surface area contributed by atoms with Gasteiger partial charge in [0.25, 0.3) is 0 Å². The smallest absolute Gasteiger partial charge is 0.244 e. The predicted molar refractivity (Wildman–Crippen MR) is 448 cm³/mol. The second-order valence-corrected chi connectivity index (χ2v) is 18.9. The summed E-state index contributed by atoms with van der Waals surface area (Å²) in [6.07, 6.45) is 10.9. The number of likely N-dealkylation sites (tertiary alicyclic amines) is 1. The highest BCUT2D eigenvalue weighted by molar-refractivity contribution is 5.91. The summed E-state index contributed by atoms with van der Waals surface area (Å²) in [4.78, 5) is 120. The fourth-order valence-electron chi connectivity index (χ4n) is 4.65. The molecule has 0 radical (unpaired) electrons. The molecule has 103 heavy (non-hydrogen) atoms. The Balaban J connectivity index is -0.0000000316. The van der Waals surface area contributed by atoms with Crippen molar-refractivity contribution in [2.45, 2.75) is 221 Å². The average molecular weight is 1490 g/mol. The Morgan fingerprint density at radius 3 is 0.748 bits per heavy atom. The molecular formula is C77H170N12O14. The SMILES string of the molecule is C=O.C=O.C=O.C=O.C=O.C=O.C=O.C=O.C=O.C=O.CC.CC(=O)N(C)[C@@H](Cc1ccccc1)C(=O)N[C@@H](C)C(=O)N1CCCCC1.CC(C)O.CCC(C)C.CCC(C)C.CCC(C)C.CCC(C)C.CCc1ccccc1.CCc1ccccc1.CN.CN.CN.CN.CN.CN.N.N.N. The number of nitrogens with two attached hydrogens (primary N) is 6. The van der Waals surface area contributed by atoms with Crippen molar-refractivity contribution in [3.05, 3.63) is 108 Å². The second-order valence-electron chi connectivity index (χ2n) is 18.9. The molecule has 3 aromatic rings. The number of nitrogens with one attached hydrogen (secondary N) is 1. The summed E-state index contributed by atoms with van der Waals surface area (Å²) in [6, 6.07) is 29.2. The van der Waals surface area contributed by atoms with Gasteiger partial charge in [0.15, 0.2) is 0 Å². The van der Waals surface area contributed by atoms with Crippen LogP contribution in [0.25, 0.3) is 0 Å². The highest BCUT2D eigenvalue weighted by atomic mass is 16.3. The normalized spacial score (nSPS) is 8.59. The maximum Gasteiger partial charge on any atom is 0.244 e. The molecule has 23 N–H and O–H groups in total. The van der Waals surface area contributed by atoms with Gasteiger partial charge in [-0.05, 0) is 136 Å². The zero-order valence-electron chi connectivity index (χ0n) is 71.0. The molecule has 0 bridgehead atoms. The molecule has 0 aliphatic carbocycles. The molecule has 0 unspecified atom stereocenters. The molecule has 1 saturated heterocycles. The van der Waals surface area contributed by atoms with Crippen molar-refractivity contribution in [1.29, 1.82) is 0 Å². The molecule has 0 spiro atoms. The standard InChI is InChI=1S/C20H29N3O3.2C8H10.4C5H12.C3H8O.C2H6.6CH5N.10CH2O.3H3N/c1-15(20(26)23-12-8-5-9-13-23)21-19(25)18(22(3)16(2)24)14-17-10-6-4-7-11-17;2*1-2-8-6-4-3-5-7-8;4*1-4-5(2)3;1-3(2)4;17*1-2;;;/h4,6-7,10-11,15,18H,5,8-9,12-14H2,1-3H3,(H,21,25);2*3-7H,2H2,1H3;4*5H,4H2,1-3H3;3-4H,1-2H3;1-2H3;6*2H2,1H3;10*1H2;3*1H3/t15-,18-;;;;;;;;;;;;;;;;;;;;;;;;;;;/m0.........................../s1. The monoisotopic (exact) mass is 1490 g/mol. The number of carbonyl (C=O) groups excluding carboxylic acids is 13. The zero-order chi connectivity index (χ0) is 85.5. The highest BCUT2D eigenvalue weighted by Gasteiger charge is 2.29. The van der Waals surface area contributed by atoms with Crippen LogP contribution < -0.4 is 58.2 Å². The number of carbonyl (C=O) groups is 13. The van der Waals surface area contributed by atoms with Crippen LogP contribution in [0.5, 0.6) is 0 Å². The van der Waals surface area contributed by atoms with Crippen molar-refractivity contribution >= 4 is 85.6 Å². The molecule has 3 aromatic carbocycles. The predicted octanol–water partition coefficient (Wildman–Crippen LogP) is 11.8. The fraction of sp³-hybridized carbons (Fsp3) is 0.597. The Kier molecular flexibility index (Phi) is 312. The number of nitrogens with zero attached hydrogens (tertiary/aromatic N) is 2. The minimum absolute atomic E-state index is 0. The van der Waals surface area contributed by atoms with Crippen LogP contribution in [0, 0.1) is 23.7 Å². The van der Waals surface area contributed by atoms with Gasteiger partial charge >= 0.3 is 0 Å². The maximum absolute atomic E-state index is 12.8. The first-order valence-electron chi connectivity index (χ1n) is 33.0. The van der Waals surface area contributed by atoms with E-state index in [2.05, 4.69) is 185 Å². The first kappa shape index (κ1) is 167. The molecule has 1 heterocycles. The number of benzene rings is 3. The number of piperidine rings is 1. The molecule has 2 atom stereocenters. The number of aliphatic hydroxyl groups excluding tert-OH is 1. The van der Waals surface area contributed by atoms with Gasteiger partial charge in [0.05, 0.1) is 0 Å². The molecule has 26 heteroatoms. The Morgan fingerprint density at radius 1 is 0.408 bits per heavy atom. The molecule has 1 aliphatic rings. The van der Waals surface area contributed by atoms with Crippen LogP contribution in [0.2, 0.25) is 0 Å². The van der Waals surface area contributed by atoms with Gasteiger partial charge in [-0.15, -0.1) is 0 Å². The van der Waals surface area contributed by atoms with Gasteiger partial charge in [-0.3, -0.25) is 14.4 Å². The molecule has 3 amide bonds. The third kappa shape index (κ3) is 194. The van der Waals surface area contributed by atoms with Gasteiger partial charge in [-0.2, -0.15) is 0 Å².